The number of aryl methyl sites for hydroxylation is 1. The second-order valence-corrected chi connectivity index (χ2v) is 7.10. The van der Waals surface area contributed by atoms with E-state index in [9.17, 15) is 9.90 Å². The lowest BCUT2D eigenvalue weighted by Crippen LogP contribution is -2.08. The predicted octanol–water partition coefficient (Wildman–Crippen LogP) is 3.60. The third-order valence-electron chi connectivity index (χ3n) is 3.78. The molecule has 4 nitrogen and oxygen atoms in total. The third-order valence-corrected chi connectivity index (χ3v) is 5.56. The molecule has 1 aliphatic rings. The minimum absolute atomic E-state index is 0.154. The van der Waals surface area contributed by atoms with E-state index in [1.54, 1.807) is 19.1 Å². The number of carbonyl (C=O) groups is 1. The Labute approximate surface area is 132 Å². The number of esters is 1. The summed E-state index contributed by atoms with van der Waals surface area (Å²) in [7, 11) is 1.57. The molecule has 0 atom stereocenters. The first-order chi connectivity index (χ1) is 10.6. The number of nitrogens with zero attached hydrogens (tertiary/aromatic N) is 1. The predicted molar refractivity (Wildman–Crippen MR) is 91.5 cm³/mol. The van der Waals surface area contributed by atoms with Crippen molar-refractivity contribution in [1.82, 2.24) is 4.57 Å². The second-order valence-electron chi connectivity index (χ2n) is 5.16. The number of hydrogen-bond acceptors (Lipinski definition) is 3. The van der Waals surface area contributed by atoms with Gasteiger partial charge in [0.1, 0.15) is 5.75 Å². The number of thiol groups is 1. The van der Waals surface area contributed by atoms with E-state index in [1.807, 2.05) is 29.8 Å². The fourth-order valence-electron chi connectivity index (χ4n) is 2.75. The maximum atomic E-state index is 12.4. The lowest BCUT2D eigenvalue weighted by Gasteiger charge is -2.13. The van der Waals surface area contributed by atoms with E-state index in [2.05, 4.69) is 10.8 Å². The Morgan fingerprint density at radius 1 is 1.32 bits per heavy atom. The summed E-state index contributed by atoms with van der Waals surface area (Å²) in [5.74, 6) is 0.625. The molecule has 0 bridgehead atoms. The molecular formula is C17H19NO3S. The van der Waals surface area contributed by atoms with Gasteiger partial charge in [0, 0.05) is 29.4 Å². The minimum atomic E-state index is -0.385. The maximum absolute atomic E-state index is 12.4. The fourth-order valence-corrected chi connectivity index (χ4v) is 4.42. The van der Waals surface area contributed by atoms with Crippen molar-refractivity contribution in [1.29, 1.82) is 0 Å². The van der Waals surface area contributed by atoms with Crippen molar-refractivity contribution in [2.45, 2.75) is 12.7 Å². The molecule has 2 heterocycles. The van der Waals surface area contributed by atoms with Crippen LogP contribution in [0.15, 0.2) is 41.2 Å². The normalized spacial score (nSPS) is 14.9. The number of aromatic nitrogens is 1. The zero-order chi connectivity index (χ0) is 15.7. The van der Waals surface area contributed by atoms with E-state index in [1.165, 1.54) is 0 Å². The Kier molecular flexibility index (Phi) is 3.98. The lowest BCUT2D eigenvalue weighted by atomic mass is 10.1. The van der Waals surface area contributed by atoms with Crippen molar-refractivity contribution in [3.63, 3.8) is 0 Å². The van der Waals surface area contributed by atoms with Crippen LogP contribution in [-0.4, -0.2) is 22.2 Å². The summed E-state index contributed by atoms with van der Waals surface area (Å²) in [6.45, 7) is 2.13. The summed E-state index contributed by atoms with van der Waals surface area (Å²) in [6.07, 6.45) is 4.09. The van der Waals surface area contributed by atoms with Crippen molar-refractivity contribution >= 4 is 27.8 Å². The van der Waals surface area contributed by atoms with Gasteiger partial charge in [-0.1, -0.05) is 12.2 Å². The van der Waals surface area contributed by atoms with Crippen molar-refractivity contribution < 1.29 is 14.6 Å². The van der Waals surface area contributed by atoms with Crippen LogP contribution in [0.2, 0.25) is 0 Å². The van der Waals surface area contributed by atoms with E-state index >= 15 is 0 Å². The molecule has 22 heavy (non-hydrogen) atoms. The van der Waals surface area contributed by atoms with Gasteiger partial charge < -0.3 is 14.4 Å². The number of phenols is 1. The first-order valence-corrected chi connectivity index (χ1v) is 8.86. The van der Waals surface area contributed by atoms with Crippen LogP contribution in [0.1, 0.15) is 23.0 Å². The number of aromatic hydroxyl groups is 1. The fraction of sp³-hybridized carbons (Fsp3) is 0.235. The summed E-state index contributed by atoms with van der Waals surface area (Å²) in [4.78, 5) is 12.4. The molecule has 0 spiro atoms. The van der Waals surface area contributed by atoms with Gasteiger partial charge in [0.05, 0.1) is 12.2 Å². The standard InChI is InChI=1S/C17H19NO3S/c1-3-21-17(20)16-13-10-12(19)6-7-14(13)18(2)15(16)11-22-8-4-5-9-22/h4-10,19,22H,3,11H2,1-2H3. The highest BCUT2D eigenvalue weighted by Crippen LogP contribution is 2.40. The van der Waals surface area contributed by atoms with E-state index < -0.39 is 0 Å². The minimum Gasteiger partial charge on any atom is -0.508 e. The van der Waals surface area contributed by atoms with Gasteiger partial charge >= 0.3 is 5.97 Å². The number of benzene rings is 1. The monoisotopic (exact) mass is 317 g/mol. The van der Waals surface area contributed by atoms with Gasteiger partial charge in [0.25, 0.3) is 0 Å². The van der Waals surface area contributed by atoms with E-state index in [-0.39, 0.29) is 22.6 Å². The number of ether oxygens (including phenoxy) is 1. The highest BCUT2D eigenvalue weighted by molar-refractivity contribution is 8.21. The average Bonchev–Trinajstić information content (AvgIpc) is 3.07. The zero-order valence-corrected chi connectivity index (χ0v) is 13.5. The molecule has 1 N–H and O–H groups in total. The second kappa shape index (κ2) is 5.93. The summed E-state index contributed by atoms with van der Waals surface area (Å²) in [5.41, 5.74) is 2.46. The highest BCUT2D eigenvalue weighted by atomic mass is 32.2. The topological polar surface area (TPSA) is 51.5 Å². The Morgan fingerprint density at radius 3 is 2.73 bits per heavy atom. The smallest absolute Gasteiger partial charge is 0.340 e. The van der Waals surface area contributed by atoms with Gasteiger partial charge in [-0.15, -0.1) is 0 Å². The summed E-state index contributed by atoms with van der Waals surface area (Å²) >= 11 is 0. The number of carbonyl (C=O) groups excluding carboxylic acids is 1. The molecule has 1 aromatic carbocycles. The van der Waals surface area contributed by atoms with Crippen molar-refractivity contribution in [2.75, 3.05) is 6.61 Å². The van der Waals surface area contributed by atoms with Crippen molar-refractivity contribution in [2.24, 2.45) is 7.05 Å². The lowest BCUT2D eigenvalue weighted by molar-refractivity contribution is 0.0527. The molecule has 1 aromatic heterocycles. The number of phenolic OH excluding ortho intramolecular Hbond substituents is 1. The molecule has 5 heteroatoms. The van der Waals surface area contributed by atoms with Gasteiger partial charge in [0.2, 0.25) is 0 Å². The van der Waals surface area contributed by atoms with Crippen molar-refractivity contribution in [3.05, 3.63) is 52.4 Å². The molecule has 0 unspecified atom stereocenters. The Bertz CT molecular complexity index is 777. The molecule has 1 aliphatic heterocycles. The van der Waals surface area contributed by atoms with Crippen LogP contribution in [0.4, 0.5) is 0 Å². The van der Waals surface area contributed by atoms with E-state index in [0.29, 0.717) is 12.2 Å². The summed E-state index contributed by atoms with van der Waals surface area (Å²) < 4.78 is 7.26. The molecule has 0 saturated carbocycles. The van der Waals surface area contributed by atoms with Gasteiger partial charge in [-0.25, -0.2) is 15.7 Å². The number of fused-ring (bicyclic) bond motifs is 1. The van der Waals surface area contributed by atoms with Gasteiger partial charge in [-0.3, -0.25) is 0 Å². The van der Waals surface area contributed by atoms with E-state index in [0.717, 1.165) is 22.3 Å². The molecule has 0 fully saturated rings. The van der Waals surface area contributed by atoms with Crippen molar-refractivity contribution in [3.8, 4) is 5.75 Å². The Morgan fingerprint density at radius 2 is 2.05 bits per heavy atom. The quantitative estimate of drug-likeness (QED) is 0.669. The zero-order valence-electron chi connectivity index (χ0n) is 12.6. The molecule has 116 valence electrons. The molecule has 2 aromatic rings. The van der Waals surface area contributed by atoms with Gasteiger partial charge in [0.15, 0.2) is 0 Å². The highest BCUT2D eigenvalue weighted by Gasteiger charge is 2.23. The van der Waals surface area contributed by atoms with Crippen LogP contribution in [0.25, 0.3) is 10.9 Å². The van der Waals surface area contributed by atoms with Crippen LogP contribution in [0.5, 0.6) is 5.75 Å². The number of allylic oxidation sites excluding steroid dienone is 2. The van der Waals surface area contributed by atoms with Crippen LogP contribution < -0.4 is 0 Å². The third kappa shape index (κ3) is 2.52. The average molecular weight is 317 g/mol. The molecule has 0 aliphatic carbocycles. The largest absolute Gasteiger partial charge is 0.508 e. The summed E-state index contributed by atoms with van der Waals surface area (Å²) in [6, 6.07) is 5.12. The van der Waals surface area contributed by atoms with Crippen LogP contribution >= 0.6 is 10.9 Å². The summed E-state index contributed by atoms with van der Waals surface area (Å²) in [5, 5.41) is 14.9. The first kappa shape index (κ1) is 14.8. The first-order valence-electron chi connectivity index (χ1n) is 7.20. The van der Waals surface area contributed by atoms with Gasteiger partial charge in [-0.05, 0) is 35.9 Å². The molecule has 3 rings (SSSR count). The molecular weight excluding hydrogens is 298 g/mol. The SMILES string of the molecule is CCOC(=O)c1c(C[SH]2C=CC=C2)n(C)c2ccc(O)cc12. The number of hydrogen-bond donors (Lipinski definition) is 2. The van der Waals surface area contributed by atoms with Crippen LogP contribution in [0.3, 0.4) is 0 Å². The Balaban J connectivity index is 2.17. The molecule has 0 radical (unpaired) electrons. The number of rotatable bonds is 4. The maximum Gasteiger partial charge on any atom is 0.340 e. The Hall–Kier alpha value is -2.14. The van der Waals surface area contributed by atoms with Crippen LogP contribution in [-0.2, 0) is 17.5 Å². The van der Waals surface area contributed by atoms with E-state index in [4.69, 9.17) is 4.74 Å². The van der Waals surface area contributed by atoms with Crippen LogP contribution in [0, 0.1) is 0 Å². The van der Waals surface area contributed by atoms with Gasteiger partial charge in [-0.2, -0.15) is 0 Å². The molecule has 0 amide bonds. The molecule has 0 saturated heterocycles.